The molecule has 2 aliphatic rings. The number of aryl methyl sites for hydroxylation is 1. The highest BCUT2D eigenvalue weighted by molar-refractivity contribution is 6.02. The lowest BCUT2D eigenvalue weighted by Gasteiger charge is -2.18. The molecule has 0 aliphatic carbocycles. The van der Waals surface area contributed by atoms with Gasteiger partial charge in [0.15, 0.2) is 17.2 Å². The summed E-state index contributed by atoms with van der Waals surface area (Å²) in [5, 5.41) is 40.6. The van der Waals surface area contributed by atoms with Crippen LogP contribution in [0.2, 0.25) is 0 Å². The number of rotatable bonds is 3. The average Bonchev–Trinajstić information content (AvgIpc) is 2.86. The molecule has 29 heavy (non-hydrogen) atoms. The van der Waals surface area contributed by atoms with Crippen LogP contribution in [0, 0.1) is 6.92 Å². The molecular weight excluding hydrogens is 388 g/mol. The van der Waals surface area contributed by atoms with E-state index in [-0.39, 0.29) is 51.9 Å². The number of aromatic hydroxyl groups is 2. The van der Waals surface area contributed by atoms with E-state index in [4.69, 9.17) is 18.9 Å². The Morgan fingerprint density at radius 3 is 2.41 bits per heavy atom. The zero-order chi connectivity index (χ0) is 21.0. The first-order valence-electron chi connectivity index (χ1n) is 8.46. The summed E-state index contributed by atoms with van der Waals surface area (Å²) in [6.45, 7) is 0.626. The van der Waals surface area contributed by atoms with E-state index in [0.29, 0.717) is 5.56 Å². The molecule has 0 aromatic heterocycles. The Labute approximate surface area is 163 Å². The Morgan fingerprint density at radius 2 is 1.76 bits per heavy atom. The summed E-state index contributed by atoms with van der Waals surface area (Å²) in [7, 11) is 1.38. The van der Waals surface area contributed by atoms with Crippen molar-refractivity contribution in [1.29, 1.82) is 0 Å². The smallest absolute Gasteiger partial charge is 0.347 e. The highest BCUT2D eigenvalue weighted by Crippen LogP contribution is 2.54. The number of hydrogen-bond acceptors (Lipinski definition) is 10. The maximum Gasteiger partial charge on any atom is 0.347 e. The zero-order valence-electron chi connectivity index (χ0n) is 15.3. The van der Waals surface area contributed by atoms with Crippen LogP contribution in [0.25, 0.3) is 0 Å². The Bertz CT molecular complexity index is 1070. The lowest BCUT2D eigenvalue weighted by molar-refractivity contribution is -0.0555. The van der Waals surface area contributed by atoms with E-state index in [1.807, 2.05) is 0 Å². The summed E-state index contributed by atoms with van der Waals surface area (Å²) in [6, 6.07) is 1.34. The number of fused-ring (bicyclic) bond motifs is 4. The molecule has 4 rings (SSSR count). The summed E-state index contributed by atoms with van der Waals surface area (Å²) in [6.07, 6.45) is -1.80. The molecule has 2 aliphatic heterocycles. The molecule has 0 spiro atoms. The first-order chi connectivity index (χ1) is 13.8. The molecule has 2 aromatic rings. The van der Waals surface area contributed by atoms with E-state index < -0.39 is 36.1 Å². The molecule has 10 nitrogen and oxygen atoms in total. The van der Waals surface area contributed by atoms with E-state index in [2.05, 4.69) is 0 Å². The van der Waals surface area contributed by atoms with Crippen molar-refractivity contribution < 1.29 is 49.0 Å². The van der Waals surface area contributed by atoms with Crippen LogP contribution in [0.4, 0.5) is 0 Å². The largest absolute Gasteiger partial charge is 0.507 e. The van der Waals surface area contributed by atoms with Crippen LogP contribution in [0.15, 0.2) is 6.07 Å². The maximum atomic E-state index is 12.8. The molecule has 0 amide bonds. The molecule has 2 heterocycles. The van der Waals surface area contributed by atoms with E-state index in [9.17, 15) is 30.0 Å². The Kier molecular flexibility index (Phi) is 4.34. The van der Waals surface area contributed by atoms with Crippen LogP contribution >= 0.6 is 0 Å². The molecule has 10 heteroatoms. The first kappa shape index (κ1) is 19.0. The highest BCUT2D eigenvalue weighted by atomic mass is 16.6. The number of hydrogen-bond donors (Lipinski definition) is 4. The fourth-order valence-electron chi connectivity index (χ4n) is 3.48. The average molecular weight is 404 g/mol. The summed E-state index contributed by atoms with van der Waals surface area (Å²) >= 11 is 0. The van der Waals surface area contributed by atoms with Gasteiger partial charge in [-0.3, -0.25) is 0 Å². The summed E-state index contributed by atoms with van der Waals surface area (Å²) in [5.41, 5.74) is -0.529. The molecule has 0 bridgehead atoms. The van der Waals surface area contributed by atoms with Crippen molar-refractivity contribution in [2.75, 3.05) is 7.11 Å². The number of esters is 2. The molecule has 0 unspecified atom stereocenters. The third-order valence-electron chi connectivity index (χ3n) is 4.79. The number of phenols is 2. The third-order valence-corrected chi connectivity index (χ3v) is 4.79. The van der Waals surface area contributed by atoms with Crippen molar-refractivity contribution in [3.63, 3.8) is 0 Å². The minimum absolute atomic E-state index is 0.0251. The fraction of sp³-hybridized carbons (Fsp3) is 0.263. The third kappa shape index (κ3) is 2.61. The second kappa shape index (κ2) is 6.62. The number of carbonyl (C=O) groups is 2. The van der Waals surface area contributed by atoms with Gasteiger partial charge < -0.3 is 39.4 Å². The first-order valence-corrected chi connectivity index (χ1v) is 8.46. The van der Waals surface area contributed by atoms with Gasteiger partial charge in [0.05, 0.1) is 29.9 Å². The van der Waals surface area contributed by atoms with Crippen LogP contribution in [0.5, 0.6) is 28.7 Å². The van der Waals surface area contributed by atoms with E-state index >= 15 is 0 Å². The molecule has 0 fully saturated rings. The Hall–Kier alpha value is -3.34. The number of phenolic OH excluding ortho intramolecular Hbond substituents is 1. The Morgan fingerprint density at radius 1 is 1.03 bits per heavy atom. The minimum Gasteiger partial charge on any atom is -0.507 e. The van der Waals surface area contributed by atoms with Crippen LogP contribution in [0.1, 0.15) is 49.3 Å². The van der Waals surface area contributed by atoms with Gasteiger partial charge in [0.2, 0.25) is 6.29 Å². The minimum atomic E-state index is -1.80. The van der Waals surface area contributed by atoms with Crippen LogP contribution in [0.3, 0.4) is 0 Å². The van der Waals surface area contributed by atoms with Gasteiger partial charge in [-0.2, -0.15) is 0 Å². The number of aliphatic hydroxyl groups excluding tert-OH is 2. The van der Waals surface area contributed by atoms with Gasteiger partial charge in [0.25, 0.3) is 0 Å². The molecular formula is C19H16O10. The van der Waals surface area contributed by atoms with E-state index in [0.717, 1.165) is 0 Å². The zero-order valence-corrected chi connectivity index (χ0v) is 15.3. The number of carbonyl (C=O) groups excluding carboxylic acids is 2. The highest BCUT2D eigenvalue weighted by Gasteiger charge is 2.43. The number of ether oxygens (including phenoxy) is 4. The summed E-state index contributed by atoms with van der Waals surface area (Å²) in [4.78, 5) is 24.9. The van der Waals surface area contributed by atoms with Crippen molar-refractivity contribution in [2.24, 2.45) is 0 Å². The van der Waals surface area contributed by atoms with Crippen LogP contribution in [-0.4, -0.2) is 39.5 Å². The molecule has 2 aromatic carbocycles. The number of methoxy groups -OCH3 is 1. The topological polar surface area (TPSA) is 152 Å². The maximum absolute atomic E-state index is 12.8. The van der Waals surface area contributed by atoms with Crippen molar-refractivity contribution in [3.8, 4) is 28.7 Å². The lowest BCUT2D eigenvalue weighted by Crippen LogP contribution is -2.11. The van der Waals surface area contributed by atoms with Crippen LogP contribution in [-0.2, 0) is 22.7 Å². The van der Waals surface area contributed by atoms with Crippen molar-refractivity contribution >= 4 is 11.9 Å². The monoisotopic (exact) mass is 404 g/mol. The predicted molar refractivity (Wildman–Crippen MR) is 93.0 cm³/mol. The van der Waals surface area contributed by atoms with Gasteiger partial charge in [-0.15, -0.1) is 0 Å². The molecule has 1 atom stereocenters. The molecule has 0 saturated carbocycles. The lowest BCUT2D eigenvalue weighted by atomic mass is 10.0. The van der Waals surface area contributed by atoms with Gasteiger partial charge in [-0.1, -0.05) is 0 Å². The summed E-state index contributed by atoms with van der Waals surface area (Å²) in [5.74, 6) is -3.59. The number of aliphatic hydroxyl groups is 2. The molecule has 0 saturated heterocycles. The fourth-order valence-corrected chi connectivity index (χ4v) is 3.48. The van der Waals surface area contributed by atoms with Gasteiger partial charge in [-0.05, 0) is 18.6 Å². The second-order valence-corrected chi connectivity index (χ2v) is 6.51. The molecule has 152 valence electrons. The van der Waals surface area contributed by atoms with Gasteiger partial charge >= 0.3 is 11.9 Å². The van der Waals surface area contributed by atoms with Crippen molar-refractivity contribution in [2.45, 2.75) is 26.4 Å². The Balaban J connectivity index is 2.08. The SMILES string of the molecule is COCc1c(O)cc(C)c2c1Oc1c(c(CO)c(O)c3c1[C@@H](O)OC3=O)OC2=O. The quantitative estimate of drug-likeness (QED) is 0.438. The van der Waals surface area contributed by atoms with Crippen LogP contribution < -0.4 is 9.47 Å². The summed E-state index contributed by atoms with van der Waals surface area (Å²) < 4.78 is 21.1. The van der Waals surface area contributed by atoms with Crippen molar-refractivity contribution in [1.82, 2.24) is 0 Å². The van der Waals surface area contributed by atoms with E-state index in [1.54, 1.807) is 6.92 Å². The number of benzene rings is 2. The predicted octanol–water partition coefficient (Wildman–Crippen LogP) is 1.53. The van der Waals surface area contributed by atoms with E-state index in [1.165, 1.54) is 13.2 Å². The number of cyclic esters (lactones) is 1. The second-order valence-electron chi connectivity index (χ2n) is 6.51. The standard InChI is InChI=1S/C19H16O10/c1-6-3-9(21)8(5-26-2)14-10(6)17(23)28-15-7(4-20)13(22)11-12(16(15)27-14)19(25)29-18(11)24/h3,19-22,25H,4-5H2,1-2H3/t19-/m0/s1. The van der Waals surface area contributed by atoms with Crippen molar-refractivity contribution in [3.05, 3.63) is 39.4 Å². The molecule has 0 radical (unpaired) electrons. The van der Waals surface area contributed by atoms with Gasteiger partial charge in [0, 0.05) is 7.11 Å². The normalized spacial score (nSPS) is 16.9. The van der Waals surface area contributed by atoms with Gasteiger partial charge in [-0.25, -0.2) is 9.59 Å². The van der Waals surface area contributed by atoms with Gasteiger partial charge in [0.1, 0.15) is 22.6 Å². The molecule has 4 N–H and O–H groups in total.